The first-order valence-electron chi connectivity index (χ1n) is 13.3. The second-order valence-electron chi connectivity index (χ2n) is 8.84. The van der Waals surface area contributed by atoms with Crippen molar-refractivity contribution in [2.24, 2.45) is 0 Å². The van der Waals surface area contributed by atoms with Crippen molar-refractivity contribution < 1.29 is 14.2 Å². The van der Waals surface area contributed by atoms with Gasteiger partial charge in [-0.05, 0) is 74.1 Å². The van der Waals surface area contributed by atoms with Gasteiger partial charge in [-0.25, -0.2) is 4.98 Å². The zero-order valence-corrected chi connectivity index (χ0v) is 23.1. The molecule has 4 rings (SSSR count). The number of rotatable bonds is 13. The van der Waals surface area contributed by atoms with E-state index in [1.807, 2.05) is 79.7 Å². The molecular formula is C31H37N5O3. The second-order valence-corrected chi connectivity index (χ2v) is 8.84. The van der Waals surface area contributed by atoms with Crippen molar-refractivity contribution in [3.63, 3.8) is 0 Å². The van der Waals surface area contributed by atoms with Gasteiger partial charge in [0, 0.05) is 12.1 Å². The van der Waals surface area contributed by atoms with Crippen molar-refractivity contribution in [1.29, 1.82) is 0 Å². The van der Waals surface area contributed by atoms with E-state index in [4.69, 9.17) is 19.9 Å². The van der Waals surface area contributed by atoms with Crippen molar-refractivity contribution in [2.75, 3.05) is 51.0 Å². The highest BCUT2D eigenvalue weighted by Crippen LogP contribution is 2.40. The lowest BCUT2D eigenvalue weighted by atomic mass is 9.99. The van der Waals surface area contributed by atoms with E-state index in [1.54, 1.807) is 7.11 Å². The van der Waals surface area contributed by atoms with Gasteiger partial charge in [0.15, 0.2) is 0 Å². The van der Waals surface area contributed by atoms with E-state index in [2.05, 4.69) is 34.0 Å². The fourth-order valence-corrected chi connectivity index (χ4v) is 4.38. The Morgan fingerprint density at radius 3 is 2.31 bits per heavy atom. The molecule has 0 fully saturated rings. The van der Waals surface area contributed by atoms with E-state index < -0.39 is 0 Å². The molecule has 0 spiro atoms. The summed E-state index contributed by atoms with van der Waals surface area (Å²) in [5.41, 5.74) is 10.3. The van der Waals surface area contributed by atoms with E-state index in [0.717, 1.165) is 53.5 Å². The second kappa shape index (κ2) is 13.5. The normalized spacial score (nSPS) is 10.9. The Hall–Kier alpha value is -4.30. The van der Waals surface area contributed by atoms with Crippen molar-refractivity contribution >= 4 is 17.5 Å². The molecule has 1 aromatic heterocycles. The minimum Gasteiger partial charge on any atom is -0.495 e. The van der Waals surface area contributed by atoms with Gasteiger partial charge in [-0.3, -0.25) is 0 Å². The molecule has 0 bridgehead atoms. The van der Waals surface area contributed by atoms with Gasteiger partial charge >= 0.3 is 0 Å². The predicted octanol–water partition coefficient (Wildman–Crippen LogP) is 6.26. The first-order chi connectivity index (χ1) is 19.1. The summed E-state index contributed by atoms with van der Waals surface area (Å²) in [6.45, 7) is 10.4. The van der Waals surface area contributed by atoms with Crippen LogP contribution < -0.4 is 25.3 Å². The summed E-state index contributed by atoms with van der Waals surface area (Å²) in [4.78, 5) is 11.6. The number of hydrogen-bond acceptors (Lipinski definition) is 8. The fraction of sp³-hybridized carbons (Fsp3) is 0.290. The zero-order valence-electron chi connectivity index (χ0n) is 23.1. The molecule has 0 aliphatic rings. The van der Waals surface area contributed by atoms with Gasteiger partial charge in [0.25, 0.3) is 0 Å². The molecule has 0 amide bonds. The number of nitrogen functional groups attached to an aromatic ring is 1. The molecular weight excluding hydrogens is 490 g/mol. The zero-order chi connectivity index (χ0) is 27.6. The predicted molar refractivity (Wildman–Crippen MR) is 158 cm³/mol. The molecule has 0 radical (unpaired) electrons. The first kappa shape index (κ1) is 27.7. The lowest BCUT2D eigenvalue weighted by molar-refractivity contribution is 0.223. The number of methoxy groups -OCH3 is 1. The quantitative estimate of drug-likeness (QED) is 0.210. The molecule has 1 heterocycles. The first-order valence-corrected chi connectivity index (χ1v) is 13.3. The number of para-hydroxylation sites is 2. The SMILES string of the molecule is CCOc1cccc(-c2c(Nc3ccccc3OC)nc(N)nc2-c2ccc(OCCN(CC)CC)cc2)c1. The number of benzene rings is 3. The molecule has 0 saturated carbocycles. The third-order valence-corrected chi connectivity index (χ3v) is 6.42. The molecule has 0 saturated heterocycles. The average Bonchev–Trinajstić information content (AvgIpc) is 2.96. The summed E-state index contributed by atoms with van der Waals surface area (Å²) >= 11 is 0. The van der Waals surface area contributed by atoms with Crippen LogP contribution in [-0.4, -0.2) is 54.8 Å². The number of nitrogens with two attached hydrogens (primary N) is 1. The Morgan fingerprint density at radius 1 is 0.821 bits per heavy atom. The molecule has 0 atom stereocenters. The summed E-state index contributed by atoms with van der Waals surface area (Å²) < 4.78 is 17.4. The summed E-state index contributed by atoms with van der Waals surface area (Å²) in [5.74, 6) is 2.98. The standard InChI is InChI=1S/C31H37N5O3/c1-5-36(6-2)19-20-39-24-17-15-22(16-18-24)29-28(23-11-10-12-25(21-23)38-7-3)30(35-31(32)34-29)33-26-13-8-9-14-27(26)37-4/h8-18,21H,5-7,19-20H2,1-4H3,(H3,32,33,34,35). The minimum atomic E-state index is 0.159. The van der Waals surface area contributed by atoms with Gasteiger partial charge in [-0.2, -0.15) is 4.98 Å². The Morgan fingerprint density at radius 2 is 1.59 bits per heavy atom. The van der Waals surface area contributed by atoms with Crippen LogP contribution in [0.15, 0.2) is 72.8 Å². The summed E-state index contributed by atoms with van der Waals surface area (Å²) in [6.07, 6.45) is 0. The monoisotopic (exact) mass is 527 g/mol. The summed E-state index contributed by atoms with van der Waals surface area (Å²) in [7, 11) is 1.64. The topological polar surface area (TPSA) is 94.8 Å². The van der Waals surface area contributed by atoms with Crippen molar-refractivity contribution in [3.8, 4) is 39.6 Å². The van der Waals surface area contributed by atoms with Crippen LogP contribution in [-0.2, 0) is 0 Å². The number of anilines is 3. The Bertz CT molecular complexity index is 1360. The molecule has 0 unspecified atom stereocenters. The molecule has 3 N–H and O–H groups in total. The van der Waals surface area contributed by atoms with Crippen LogP contribution in [0, 0.1) is 0 Å². The smallest absolute Gasteiger partial charge is 0.222 e. The van der Waals surface area contributed by atoms with Gasteiger partial charge in [0.2, 0.25) is 5.95 Å². The fourth-order valence-electron chi connectivity index (χ4n) is 4.38. The number of ether oxygens (including phenoxy) is 3. The average molecular weight is 528 g/mol. The van der Waals surface area contributed by atoms with E-state index >= 15 is 0 Å². The number of nitrogens with zero attached hydrogens (tertiary/aromatic N) is 3. The number of nitrogens with one attached hydrogen (secondary N) is 1. The highest BCUT2D eigenvalue weighted by Gasteiger charge is 2.19. The lowest BCUT2D eigenvalue weighted by Gasteiger charge is -2.19. The Kier molecular flexibility index (Phi) is 9.58. The maximum atomic E-state index is 6.25. The van der Waals surface area contributed by atoms with Crippen LogP contribution in [0.4, 0.5) is 17.5 Å². The molecule has 8 nitrogen and oxygen atoms in total. The maximum absolute atomic E-state index is 6.25. The molecule has 39 heavy (non-hydrogen) atoms. The van der Waals surface area contributed by atoms with Crippen LogP contribution in [0.2, 0.25) is 0 Å². The van der Waals surface area contributed by atoms with Crippen molar-refractivity contribution in [1.82, 2.24) is 14.9 Å². The number of hydrogen-bond donors (Lipinski definition) is 2. The molecule has 0 aliphatic heterocycles. The third-order valence-electron chi connectivity index (χ3n) is 6.42. The number of aromatic nitrogens is 2. The van der Waals surface area contributed by atoms with Gasteiger partial charge in [-0.15, -0.1) is 0 Å². The van der Waals surface area contributed by atoms with E-state index in [9.17, 15) is 0 Å². The summed E-state index contributed by atoms with van der Waals surface area (Å²) in [6, 6.07) is 23.5. The van der Waals surface area contributed by atoms with E-state index in [0.29, 0.717) is 30.5 Å². The third kappa shape index (κ3) is 6.97. The minimum absolute atomic E-state index is 0.159. The van der Waals surface area contributed by atoms with Crippen molar-refractivity contribution in [3.05, 3.63) is 72.8 Å². The molecule has 204 valence electrons. The lowest BCUT2D eigenvalue weighted by Crippen LogP contribution is -2.27. The van der Waals surface area contributed by atoms with E-state index in [-0.39, 0.29) is 5.95 Å². The van der Waals surface area contributed by atoms with Gasteiger partial charge < -0.3 is 30.2 Å². The highest BCUT2D eigenvalue weighted by molar-refractivity contribution is 5.91. The number of likely N-dealkylation sites (N-methyl/N-ethyl adjacent to an activating group) is 1. The van der Waals surface area contributed by atoms with Crippen LogP contribution in [0.1, 0.15) is 20.8 Å². The Labute approximate surface area is 230 Å². The van der Waals surface area contributed by atoms with Gasteiger partial charge in [0.05, 0.1) is 30.7 Å². The molecule has 0 aliphatic carbocycles. The summed E-state index contributed by atoms with van der Waals surface area (Å²) in [5, 5.41) is 3.43. The maximum Gasteiger partial charge on any atom is 0.222 e. The van der Waals surface area contributed by atoms with Crippen LogP contribution in [0.25, 0.3) is 22.4 Å². The molecule has 4 aromatic rings. The van der Waals surface area contributed by atoms with Crippen LogP contribution in [0.3, 0.4) is 0 Å². The van der Waals surface area contributed by atoms with Crippen LogP contribution in [0.5, 0.6) is 17.2 Å². The largest absolute Gasteiger partial charge is 0.495 e. The Balaban J connectivity index is 1.75. The van der Waals surface area contributed by atoms with Crippen LogP contribution >= 0.6 is 0 Å². The van der Waals surface area contributed by atoms with Gasteiger partial charge in [-0.1, -0.05) is 38.1 Å². The van der Waals surface area contributed by atoms with Crippen molar-refractivity contribution in [2.45, 2.75) is 20.8 Å². The van der Waals surface area contributed by atoms with Gasteiger partial charge in [0.1, 0.15) is 29.7 Å². The molecule has 8 heteroatoms. The van der Waals surface area contributed by atoms with E-state index in [1.165, 1.54) is 0 Å². The molecule has 3 aromatic carbocycles. The highest BCUT2D eigenvalue weighted by atomic mass is 16.5.